The number of hydrogen-bond donors (Lipinski definition) is 1. The van der Waals surface area contributed by atoms with Crippen molar-refractivity contribution in [3.05, 3.63) is 35.6 Å². The van der Waals surface area contributed by atoms with E-state index in [1.165, 1.54) is 6.07 Å². The van der Waals surface area contributed by atoms with Crippen LogP contribution in [0.2, 0.25) is 0 Å². The van der Waals surface area contributed by atoms with E-state index in [0.717, 1.165) is 24.8 Å². The Balaban J connectivity index is 2.74. The average molecular weight is 223 g/mol. The highest BCUT2D eigenvalue weighted by Crippen LogP contribution is 2.19. The van der Waals surface area contributed by atoms with Crippen LogP contribution in [-0.4, -0.2) is 6.04 Å². The third kappa shape index (κ3) is 3.60. The summed E-state index contributed by atoms with van der Waals surface area (Å²) in [5, 5.41) is 3.58. The van der Waals surface area contributed by atoms with Crippen molar-refractivity contribution < 1.29 is 4.39 Å². The van der Waals surface area contributed by atoms with Gasteiger partial charge < -0.3 is 5.32 Å². The molecule has 1 aromatic rings. The van der Waals surface area contributed by atoms with Crippen LogP contribution in [0.3, 0.4) is 0 Å². The molecule has 90 valence electrons. The molecule has 0 aromatic heterocycles. The molecule has 1 atom stereocenters. The quantitative estimate of drug-likeness (QED) is 0.767. The Morgan fingerprint density at radius 1 is 1.12 bits per heavy atom. The van der Waals surface area contributed by atoms with Gasteiger partial charge in [-0.3, -0.25) is 0 Å². The van der Waals surface area contributed by atoms with Gasteiger partial charge >= 0.3 is 0 Å². The third-order valence-electron chi connectivity index (χ3n) is 3.08. The van der Waals surface area contributed by atoms with Crippen molar-refractivity contribution in [2.45, 2.75) is 52.1 Å². The number of halogens is 1. The van der Waals surface area contributed by atoms with Crippen LogP contribution in [0.15, 0.2) is 24.3 Å². The highest BCUT2D eigenvalue weighted by molar-refractivity contribution is 5.20. The van der Waals surface area contributed by atoms with Gasteiger partial charge in [0.15, 0.2) is 0 Å². The molecule has 1 N–H and O–H groups in total. The molecular formula is C14H22FN. The maximum atomic E-state index is 13.1. The molecule has 0 aliphatic heterocycles. The lowest BCUT2D eigenvalue weighted by atomic mass is 10.0. The Morgan fingerprint density at radius 2 is 1.81 bits per heavy atom. The van der Waals surface area contributed by atoms with E-state index in [2.05, 4.69) is 26.1 Å². The summed E-state index contributed by atoms with van der Waals surface area (Å²) < 4.78 is 13.1. The summed E-state index contributed by atoms with van der Waals surface area (Å²) in [5.74, 6) is -0.151. The lowest BCUT2D eigenvalue weighted by molar-refractivity contribution is 0.406. The number of nitrogens with one attached hydrogen (secondary N) is 1. The SMILES string of the molecule is CCC(CC)NC(CC)c1cccc(F)c1. The number of rotatable bonds is 6. The van der Waals surface area contributed by atoms with Crippen LogP contribution in [0.1, 0.15) is 51.6 Å². The summed E-state index contributed by atoms with van der Waals surface area (Å²) in [5.41, 5.74) is 1.05. The zero-order valence-corrected chi connectivity index (χ0v) is 10.5. The number of hydrogen-bond acceptors (Lipinski definition) is 1. The van der Waals surface area contributed by atoms with Crippen LogP contribution >= 0.6 is 0 Å². The van der Waals surface area contributed by atoms with Gasteiger partial charge in [0.05, 0.1) is 0 Å². The van der Waals surface area contributed by atoms with Crippen molar-refractivity contribution in [1.29, 1.82) is 0 Å². The van der Waals surface area contributed by atoms with Crippen molar-refractivity contribution in [1.82, 2.24) is 5.32 Å². The standard InChI is InChI=1S/C14H22FN/c1-4-13(5-2)16-14(6-3)11-8-7-9-12(15)10-11/h7-10,13-14,16H,4-6H2,1-3H3. The first kappa shape index (κ1) is 13.2. The van der Waals surface area contributed by atoms with E-state index in [4.69, 9.17) is 0 Å². The predicted molar refractivity (Wildman–Crippen MR) is 66.9 cm³/mol. The molecule has 1 rings (SSSR count). The molecule has 0 bridgehead atoms. The summed E-state index contributed by atoms with van der Waals surface area (Å²) >= 11 is 0. The molecule has 1 unspecified atom stereocenters. The van der Waals surface area contributed by atoms with Crippen LogP contribution in [0.5, 0.6) is 0 Å². The van der Waals surface area contributed by atoms with E-state index in [9.17, 15) is 4.39 Å². The minimum Gasteiger partial charge on any atom is -0.307 e. The number of benzene rings is 1. The largest absolute Gasteiger partial charge is 0.307 e. The highest BCUT2D eigenvalue weighted by atomic mass is 19.1. The Hall–Kier alpha value is -0.890. The molecule has 1 nitrogen and oxygen atoms in total. The van der Waals surface area contributed by atoms with Gasteiger partial charge in [0, 0.05) is 12.1 Å². The second-order valence-electron chi connectivity index (χ2n) is 4.20. The smallest absolute Gasteiger partial charge is 0.123 e. The van der Waals surface area contributed by atoms with Crippen molar-refractivity contribution in [3.63, 3.8) is 0 Å². The van der Waals surface area contributed by atoms with E-state index in [0.29, 0.717) is 6.04 Å². The summed E-state index contributed by atoms with van der Waals surface area (Å²) in [7, 11) is 0. The van der Waals surface area contributed by atoms with E-state index in [-0.39, 0.29) is 11.9 Å². The zero-order chi connectivity index (χ0) is 12.0. The fourth-order valence-electron chi connectivity index (χ4n) is 1.98. The Labute approximate surface area is 98.1 Å². The molecule has 1 aromatic carbocycles. The summed E-state index contributed by atoms with van der Waals surface area (Å²) in [4.78, 5) is 0. The topological polar surface area (TPSA) is 12.0 Å². The van der Waals surface area contributed by atoms with Gasteiger partial charge in [-0.15, -0.1) is 0 Å². The average Bonchev–Trinajstić information content (AvgIpc) is 2.31. The molecule has 16 heavy (non-hydrogen) atoms. The van der Waals surface area contributed by atoms with Gasteiger partial charge in [0.1, 0.15) is 5.82 Å². The maximum absolute atomic E-state index is 13.1. The second kappa shape index (κ2) is 6.64. The van der Waals surface area contributed by atoms with Gasteiger partial charge in [-0.1, -0.05) is 32.9 Å². The molecule has 0 fully saturated rings. The molecular weight excluding hydrogens is 201 g/mol. The summed E-state index contributed by atoms with van der Waals surface area (Å²) in [6, 6.07) is 7.68. The van der Waals surface area contributed by atoms with Crippen LogP contribution in [0.25, 0.3) is 0 Å². The first-order chi connectivity index (χ1) is 7.71. The van der Waals surface area contributed by atoms with Gasteiger partial charge in [-0.25, -0.2) is 4.39 Å². The Kier molecular flexibility index (Phi) is 5.47. The fraction of sp³-hybridized carbons (Fsp3) is 0.571. The normalized spacial score (nSPS) is 13.1. The minimum atomic E-state index is -0.151. The molecule has 0 amide bonds. The van der Waals surface area contributed by atoms with E-state index >= 15 is 0 Å². The van der Waals surface area contributed by atoms with Crippen LogP contribution < -0.4 is 5.32 Å². The van der Waals surface area contributed by atoms with E-state index in [1.54, 1.807) is 12.1 Å². The molecule has 0 aliphatic rings. The summed E-state index contributed by atoms with van der Waals surface area (Å²) in [6.45, 7) is 6.49. The van der Waals surface area contributed by atoms with Crippen LogP contribution in [0, 0.1) is 5.82 Å². The van der Waals surface area contributed by atoms with Gasteiger partial charge in [0.2, 0.25) is 0 Å². The molecule has 0 aliphatic carbocycles. The Bertz CT molecular complexity index is 307. The van der Waals surface area contributed by atoms with E-state index < -0.39 is 0 Å². The molecule has 0 saturated carbocycles. The third-order valence-corrected chi connectivity index (χ3v) is 3.08. The monoisotopic (exact) mass is 223 g/mol. The minimum absolute atomic E-state index is 0.151. The van der Waals surface area contributed by atoms with E-state index in [1.807, 2.05) is 6.07 Å². The predicted octanol–water partition coefficient (Wildman–Crippen LogP) is 4.06. The van der Waals surface area contributed by atoms with Gasteiger partial charge in [-0.2, -0.15) is 0 Å². The summed E-state index contributed by atoms with van der Waals surface area (Å²) in [6.07, 6.45) is 3.21. The van der Waals surface area contributed by atoms with Crippen molar-refractivity contribution >= 4 is 0 Å². The van der Waals surface area contributed by atoms with Crippen LogP contribution in [-0.2, 0) is 0 Å². The van der Waals surface area contributed by atoms with Gasteiger partial charge in [0.25, 0.3) is 0 Å². The van der Waals surface area contributed by atoms with Crippen molar-refractivity contribution in [2.75, 3.05) is 0 Å². The lowest BCUT2D eigenvalue weighted by Crippen LogP contribution is -2.31. The maximum Gasteiger partial charge on any atom is 0.123 e. The van der Waals surface area contributed by atoms with Crippen LogP contribution in [0.4, 0.5) is 4.39 Å². The molecule has 0 heterocycles. The molecule has 0 radical (unpaired) electrons. The Morgan fingerprint density at radius 3 is 2.31 bits per heavy atom. The molecule has 0 saturated heterocycles. The first-order valence-corrected chi connectivity index (χ1v) is 6.22. The molecule has 0 spiro atoms. The fourth-order valence-corrected chi connectivity index (χ4v) is 1.98. The first-order valence-electron chi connectivity index (χ1n) is 6.22. The van der Waals surface area contributed by atoms with Crippen molar-refractivity contribution in [3.8, 4) is 0 Å². The van der Waals surface area contributed by atoms with Gasteiger partial charge in [-0.05, 0) is 37.0 Å². The lowest BCUT2D eigenvalue weighted by Gasteiger charge is -2.23. The molecule has 2 heteroatoms. The second-order valence-corrected chi connectivity index (χ2v) is 4.20. The zero-order valence-electron chi connectivity index (χ0n) is 10.5. The van der Waals surface area contributed by atoms with Crippen molar-refractivity contribution in [2.24, 2.45) is 0 Å². The highest BCUT2D eigenvalue weighted by Gasteiger charge is 2.13.